The van der Waals surface area contributed by atoms with Crippen LogP contribution >= 0.6 is 0 Å². The van der Waals surface area contributed by atoms with Gasteiger partial charge in [0.15, 0.2) is 0 Å². The SMILES string of the molecule is CC1(C)CNC(CCO)CN(Cc2ccncc2)C1. The van der Waals surface area contributed by atoms with Gasteiger partial charge in [-0.25, -0.2) is 0 Å². The summed E-state index contributed by atoms with van der Waals surface area (Å²) in [6, 6.07) is 4.53. The fourth-order valence-electron chi connectivity index (χ4n) is 2.74. The van der Waals surface area contributed by atoms with Gasteiger partial charge in [-0.1, -0.05) is 13.8 Å². The van der Waals surface area contributed by atoms with Crippen molar-refractivity contribution in [3.05, 3.63) is 30.1 Å². The molecule has 1 fully saturated rings. The molecule has 0 amide bonds. The van der Waals surface area contributed by atoms with Crippen LogP contribution in [-0.4, -0.2) is 47.3 Å². The lowest BCUT2D eigenvalue weighted by atomic mass is 9.93. The first-order chi connectivity index (χ1) is 9.09. The Morgan fingerprint density at radius 1 is 1.42 bits per heavy atom. The molecule has 2 heterocycles. The predicted molar refractivity (Wildman–Crippen MR) is 76.8 cm³/mol. The van der Waals surface area contributed by atoms with E-state index in [9.17, 15) is 0 Å². The minimum atomic E-state index is 0.251. The Morgan fingerprint density at radius 3 is 2.84 bits per heavy atom. The molecule has 1 aromatic heterocycles. The Bertz CT molecular complexity index is 380. The number of rotatable bonds is 4. The zero-order valence-corrected chi connectivity index (χ0v) is 12.0. The molecule has 0 aliphatic carbocycles. The van der Waals surface area contributed by atoms with E-state index in [1.165, 1.54) is 5.56 Å². The van der Waals surface area contributed by atoms with E-state index in [-0.39, 0.29) is 12.0 Å². The maximum Gasteiger partial charge on any atom is 0.0446 e. The third-order valence-corrected chi connectivity index (χ3v) is 3.63. The van der Waals surface area contributed by atoms with Crippen LogP contribution < -0.4 is 5.32 Å². The molecule has 1 aromatic rings. The molecular formula is C15H25N3O. The van der Waals surface area contributed by atoms with Crippen molar-refractivity contribution in [2.45, 2.75) is 32.9 Å². The average Bonchev–Trinajstić information content (AvgIpc) is 2.50. The molecule has 0 radical (unpaired) electrons. The fourth-order valence-corrected chi connectivity index (χ4v) is 2.74. The molecule has 0 saturated carbocycles. The van der Waals surface area contributed by atoms with E-state index in [0.29, 0.717) is 6.04 Å². The van der Waals surface area contributed by atoms with Crippen molar-refractivity contribution < 1.29 is 5.11 Å². The van der Waals surface area contributed by atoms with Gasteiger partial charge in [0.2, 0.25) is 0 Å². The minimum Gasteiger partial charge on any atom is -0.396 e. The monoisotopic (exact) mass is 263 g/mol. The Morgan fingerprint density at radius 2 is 2.16 bits per heavy atom. The first-order valence-electron chi connectivity index (χ1n) is 7.04. The zero-order valence-electron chi connectivity index (χ0n) is 12.0. The summed E-state index contributed by atoms with van der Waals surface area (Å²) in [6.45, 7) is 8.86. The summed E-state index contributed by atoms with van der Waals surface area (Å²) in [5.41, 5.74) is 1.56. The van der Waals surface area contributed by atoms with Crippen LogP contribution in [0.1, 0.15) is 25.8 Å². The molecule has 106 valence electrons. The van der Waals surface area contributed by atoms with Crippen molar-refractivity contribution in [2.24, 2.45) is 5.41 Å². The summed E-state index contributed by atoms with van der Waals surface area (Å²) in [4.78, 5) is 6.55. The highest BCUT2D eigenvalue weighted by Gasteiger charge is 2.28. The van der Waals surface area contributed by atoms with Gasteiger partial charge in [0.05, 0.1) is 0 Å². The van der Waals surface area contributed by atoms with Crippen molar-refractivity contribution in [2.75, 3.05) is 26.2 Å². The molecule has 1 unspecified atom stereocenters. The molecule has 2 rings (SSSR count). The van der Waals surface area contributed by atoms with Crippen molar-refractivity contribution in [3.63, 3.8) is 0 Å². The van der Waals surface area contributed by atoms with Gasteiger partial charge in [0.25, 0.3) is 0 Å². The Balaban J connectivity index is 2.03. The third-order valence-electron chi connectivity index (χ3n) is 3.63. The minimum absolute atomic E-state index is 0.251. The number of aromatic nitrogens is 1. The quantitative estimate of drug-likeness (QED) is 0.859. The lowest BCUT2D eigenvalue weighted by Gasteiger charge is -2.29. The summed E-state index contributed by atoms with van der Waals surface area (Å²) in [7, 11) is 0. The van der Waals surface area contributed by atoms with E-state index < -0.39 is 0 Å². The fraction of sp³-hybridized carbons (Fsp3) is 0.667. The summed E-state index contributed by atoms with van der Waals surface area (Å²) in [5, 5.41) is 12.7. The molecule has 4 nitrogen and oxygen atoms in total. The highest BCUT2D eigenvalue weighted by atomic mass is 16.3. The van der Waals surface area contributed by atoms with Gasteiger partial charge < -0.3 is 10.4 Å². The van der Waals surface area contributed by atoms with Gasteiger partial charge >= 0.3 is 0 Å². The second-order valence-electron chi connectivity index (χ2n) is 6.28. The second kappa shape index (κ2) is 6.46. The highest BCUT2D eigenvalue weighted by molar-refractivity contribution is 5.09. The number of hydrogen-bond acceptors (Lipinski definition) is 4. The van der Waals surface area contributed by atoms with Crippen LogP contribution in [0.3, 0.4) is 0 Å². The Hall–Kier alpha value is -0.970. The summed E-state index contributed by atoms with van der Waals surface area (Å²) in [6.07, 6.45) is 4.52. The molecule has 2 N–H and O–H groups in total. The maximum atomic E-state index is 9.15. The van der Waals surface area contributed by atoms with Gasteiger partial charge in [-0.05, 0) is 29.5 Å². The smallest absolute Gasteiger partial charge is 0.0446 e. The molecular weight excluding hydrogens is 238 g/mol. The summed E-state index contributed by atoms with van der Waals surface area (Å²) in [5.74, 6) is 0. The molecule has 1 aliphatic rings. The van der Waals surface area contributed by atoms with Crippen LogP contribution in [0.15, 0.2) is 24.5 Å². The number of nitrogens with one attached hydrogen (secondary N) is 1. The highest BCUT2D eigenvalue weighted by Crippen LogP contribution is 2.21. The molecule has 0 bridgehead atoms. The van der Waals surface area contributed by atoms with Crippen molar-refractivity contribution in [1.82, 2.24) is 15.2 Å². The van der Waals surface area contributed by atoms with Gasteiger partial charge in [-0.2, -0.15) is 0 Å². The molecule has 0 aromatic carbocycles. The first-order valence-corrected chi connectivity index (χ1v) is 7.04. The number of hydrogen-bond donors (Lipinski definition) is 2. The van der Waals surface area contributed by atoms with E-state index in [4.69, 9.17) is 5.11 Å². The van der Waals surface area contributed by atoms with Crippen LogP contribution in [0.4, 0.5) is 0 Å². The van der Waals surface area contributed by atoms with Gasteiger partial charge in [-0.15, -0.1) is 0 Å². The molecule has 19 heavy (non-hydrogen) atoms. The van der Waals surface area contributed by atoms with Gasteiger partial charge in [-0.3, -0.25) is 9.88 Å². The van der Waals surface area contributed by atoms with E-state index in [1.807, 2.05) is 12.4 Å². The Labute approximate surface area is 115 Å². The molecule has 1 saturated heterocycles. The third kappa shape index (κ3) is 4.56. The first kappa shape index (κ1) is 14.4. The second-order valence-corrected chi connectivity index (χ2v) is 6.28. The van der Waals surface area contributed by atoms with Crippen LogP contribution in [0, 0.1) is 5.41 Å². The molecule has 0 spiro atoms. The number of pyridine rings is 1. The van der Waals surface area contributed by atoms with Gasteiger partial charge in [0.1, 0.15) is 0 Å². The van der Waals surface area contributed by atoms with Crippen LogP contribution in [-0.2, 0) is 6.54 Å². The van der Waals surface area contributed by atoms with Crippen molar-refractivity contribution in [1.29, 1.82) is 0 Å². The summed E-state index contributed by atoms with van der Waals surface area (Å²) >= 11 is 0. The number of aliphatic hydroxyl groups excluding tert-OH is 1. The lowest BCUT2D eigenvalue weighted by Crippen LogP contribution is -2.38. The van der Waals surface area contributed by atoms with Crippen molar-refractivity contribution >= 4 is 0 Å². The average molecular weight is 263 g/mol. The molecule has 4 heteroatoms. The van der Waals surface area contributed by atoms with Gasteiger partial charge in [0, 0.05) is 51.2 Å². The lowest BCUT2D eigenvalue weighted by molar-refractivity contribution is 0.188. The number of nitrogens with zero attached hydrogens (tertiary/aromatic N) is 2. The van der Waals surface area contributed by atoms with E-state index in [1.54, 1.807) is 0 Å². The van der Waals surface area contributed by atoms with E-state index in [2.05, 4.69) is 41.2 Å². The van der Waals surface area contributed by atoms with E-state index in [0.717, 1.165) is 32.6 Å². The number of aliphatic hydroxyl groups is 1. The molecule has 1 aliphatic heterocycles. The van der Waals surface area contributed by atoms with Crippen LogP contribution in [0.5, 0.6) is 0 Å². The Kier molecular flexibility index (Phi) is 4.91. The largest absolute Gasteiger partial charge is 0.396 e. The van der Waals surface area contributed by atoms with Crippen LogP contribution in [0.25, 0.3) is 0 Å². The zero-order chi connectivity index (χ0) is 13.7. The van der Waals surface area contributed by atoms with Crippen LogP contribution in [0.2, 0.25) is 0 Å². The predicted octanol–water partition coefficient (Wildman–Crippen LogP) is 1.26. The normalized spacial score (nSPS) is 24.1. The standard InChI is InChI=1S/C15H25N3O/c1-15(2)11-17-14(5-8-19)10-18(12-15)9-13-3-6-16-7-4-13/h3-4,6-7,14,17,19H,5,8-12H2,1-2H3. The molecule has 1 atom stereocenters. The van der Waals surface area contributed by atoms with Crippen molar-refractivity contribution in [3.8, 4) is 0 Å². The topological polar surface area (TPSA) is 48.4 Å². The van der Waals surface area contributed by atoms with E-state index >= 15 is 0 Å². The summed E-state index contributed by atoms with van der Waals surface area (Å²) < 4.78 is 0. The maximum absolute atomic E-state index is 9.15.